The highest BCUT2D eigenvalue weighted by molar-refractivity contribution is 5.75. The highest BCUT2D eigenvalue weighted by atomic mass is 16.5. The minimum Gasteiger partial charge on any atom is -0.468 e. The molecule has 2 N–H and O–H groups in total. The molecule has 0 aromatic heterocycles. The Labute approximate surface area is 72.3 Å². The Balaban J connectivity index is 4.11. The summed E-state index contributed by atoms with van der Waals surface area (Å²) in [6.45, 7) is 3.46. The van der Waals surface area contributed by atoms with E-state index in [-0.39, 0.29) is 0 Å². The summed E-state index contributed by atoms with van der Waals surface area (Å²) in [4.78, 5) is 10.8. The maximum Gasteiger partial charge on any atom is 0.322 e. The van der Waals surface area contributed by atoms with Gasteiger partial charge in [-0.25, -0.2) is 0 Å². The summed E-state index contributed by atoms with van der Waals surface area (Å²) in [5, 5.41) is 8.64. The first-order valence-electron chi connectivity index (χ1n) is 3.67. The van der Waals surface area contributed by atoms with E-state index in [0.717, 1.165) is 0 Å². The molecule has 0 amide bonds. The zero-order valence-electron chi connectivity index (χ0n) is 7.63. The summed E-state index contributed by atoms with van der Waals surface area (Å²) in [5.41, 5.74) is 4.89. The molecule has 0 saturated heterocycles. The third-order valence-electron chi connectivity index (χ3n) is 1.54. The van der Waals surface area contributed by atoms with Crippen LogP contribution in [0.15, 0.2) is 0 Å². The third kappa shape index (κ3) is 3.35. The standard InChI is InChI=1S/C8H14N2O2/c1-8(2,5-9)4-6(10)7(11)12-3/h6H,4,10H2,1-3H3. The fourth-order valence-electron chi connectivity index (χ4n) is 0.830. The van der Waals surface area contributed by atoms with Crippen molar-refractivity contribution < 1.29 is 9.53 Å². The van der Waals surface area contributed by atoms with Gasteiger partial charge in [-0.2, -0.15) is 5.26 Å². The van der Waals surface area contributed by atoms with Gasteiger partial charge in [0.05, 0.1) is 18.6 Å². The molecule has 0 fully saturated rings. The van der Waals surface area contributed by atoms with Crippen LogP contribution < -0.4 is 5.73 Å². The SMILES string of the molecule is COC(=O)C(N)CC(C)(C)C#N. The minimum atomic E-state index is -0.704. The molecule has 12 heavy (non-hydrogen) atoms. The molecule has 0 aliphatic carbocycles. The molecule has 0 bridgehead atoms. The highest BCUT2D eigenvalue weighted by Crippen LogP contribution is 2.20. The quantitative estimate of drug-likeness (QED) is 0.623. The summed E-state index contributed by atoms with van der Waals surface area (Å²) in [5.74, 6) is -0.474. The maximum atomic E-state index is 10.8. The molecule has 4 nitrogen and oxygen atoms in total. The third-order valence-corrected chi connectivity index (χ3v) is 1.54. The number of methoxy groups -OCH3 is 1. The lowest BCUT2D eigenvalue weighted by molar-refractivity contribution is -0.142. The van der Waals surface area contributed by atoms with Crippen molar-refractivity contribution in [2.45, 2.75) is 26.3 Å². The topological polar surface area (TPSA) is 76.1 Å². The summed E-state index contributed by atoms with van der Waals surface area (Å²) in [6.07, 6.45) is 0.316. The van der Waals surface area contributed by atoms with Gasteiger partial charge >= 0.3 is 5.97 Å². The Bertz CT molecular complexity index is 206. The van der Waals surface area contributed by atoms with Crippen molar-refractivity contribution in [3.05, 3.63) is 0 Å². The lowest BCUT2D eigenvalue weighted by atomic mass is 9.88. The van der Waals surface area contributed by atoms with Crippen LogP contribution >= 0.6 is 0 Å². The summed E-state index contributed by atoms with van der Waals surface area (Å²) in [6, 6.07) is 1.36. The van der Waals surface area contributed by atoms with E-state index >= 15 is 0 Å². The number of ether oxygens (including phenoxy) is 1. The van der Waals surface area contributed by atoms with Crippen molar-refractivity contribution >= 4 is 5.97 Å². The number of carbonyl (C=O) groups excluding carboxylic acids is 1. The van der Waals surface area contributed by atoms with Crippen LogP contribution in [0.5, 0.6) is 0 Å². The molecule has 0 radical (unpaired) electrons. The van der Waals surface area contributed by atoms with E-state index < -0.39 is 17.4 Å². The average Bonchev–Trinajstić information content (AvgIpc) is 2.02. The number of hydrogen-bond donors (Lipinski definition) is 1. The van der Waals surface area contributed by atoms with Gasteiger partial charge in [0.15, 0.2) is 0 Å². The molecule has 1 unspecified atom stereocenters. The number of carbonyl (C=O) groups is 1. The van der Waals surface area contributed by atoms with Crippen molar-refractivity contribution in [3.8, 4) is 6.07 Å². The lowest BCUT2D eigenvalue weighted by Crippen LogP contribution is -2.35. The fourth-order valence-corrected chi connectivity index (χ4v) is 0.830. The monoisotopic (exact) mass is 170 g/mol. The Morgan fingerprint density at radius 3 is 2.58 bits per heavy atom. The van der Waals surface area contributed by atoms with E-state index in [1.54, 1.807) is 13.8 Å². The lowest BCUT2D eigenvalue weighted by Gasteiger charge is -2.18. The second-order valence-corrected chi connectivity index (χ2v) is 3.33. The minimum absolute atomic E-state index is 0.316. The van der Waals surface area contributed by atoms with Crippen LogP contribution in [0.1, 0.15) is 20.3 Å². The van der Waals surface area contributed by atoms with E-state index in [4.69, 9.17) is 11.0 Å². The first-order chi connectivity index (χ1) is 5.43. The normalized spacial score (nSPS) is 13.2. The van der Waals surface area contributed by atoms with Crippen LogP contribution in [0.4, 0.5) is 0 Å². The van der Waals surface area contributed by atoms with Gasteiger partial charge in [0, 0.05) is 0 Å². The van der Waals surface area contributed by atoms with Crippen LogP contribution in [0.3, 0.4) is 0 Å². The Morgan fingerprint density at radius 1 is 1.75 bits per heavy atom. The van der Waals surface area contributed by atoms with Gasteiger partial charge in [0.25, 0.3) is 0 Å². The van der Waals surface area contributed by atoms with Crippen LogP contribution in [0.2, 0.25) is 0 Å². The molecule has 0 rings (SSSR count). The maximum absolute atomic E-state index is 10.8. The predicted octanol–water partition coefficient (Wildman–Crippen LogP) is 0.427. The van der Waals surface area contributed by atoms with E-state index in [1.807, 2.05) is 0 Å². The molecule has 0 saturated carbocycles. The Hall–Kier alpha value is -1.08. The number of hydrogen-bond acceptors (Lipinski definition) is 4. The molecule has 4 heteroatoms. The molecule has 0 aromatic rings. The second-order valence-electron chi connectivity index (χ2n) is 3.33. The smallest absolute Gasteiger partial charge is 0.322 e. The number of rotatable bonds is 3. The first-order valence-corrected chi connectivity index (χ1v) is 3.67. The Kier molecular flexibility index (Phi) is 3.71. The van der Waals surface area contributed by atoms with Gasteiger partial charge in [-0.1, -0.05) is 0 Å². The molecular formula is C8H14N2O2. The van der Waals surface area contributed by atoms with Crippen molar-refractivity contribution in [3.63, 3.8) is 0 Å². The second kappa shape index (κ2) is 4.07. The number of esters is 1. The number of nitrogens with two attached hydrogens (primary N) is 1. The van der Waals surface area contributed by atoms with E-state index in [0.29, 0.717) is 6.42 Å². The van der Waals surface area contributed by atoms with Gasteiger partial charge < -0.3 is 10.5 Å². The Morgan fingerprint density at radius 2 is 2.25 bits per heavy atom. The number of nitriles is 1. The average molecular weight is 170 g/mol. The molecule has 68 valence electrons. The van der Waals surface area contributed by atoms with Gasteiger partial charge in [-0.3, -0.25) is 4.79 Å². The molecule has 0 heterocycles. The highest BCUT2D eigenvalue weighted by Gasteiger charge is 2.25. The zero-order valence-corrected chi connectivity index (χ0v) is 7.63. The predicted molar refractivity (Wildman–Crippen MR) is 44.0 cm³/mol. The summed E-state index contributed by atoms with van der Waals surface area (Å²) >= 11 is 0. The van der Waals surface area contributed by atoms with E-state index in [9.17, 15) is 4.79 Å². The van der Waals surface area contributed by atoms with E-state index in [1.165, 1.54) is 7.11 Å². The van der Waals surface area contributed by atoms with Crippen LogP contribution in [0, 0.1) is 16.7 Å². The molecule has 0 aliphatic heterocycles. The van der Waals surface area contributed by atoms with Gasteiger partial charge in [0.1, 0.15) is 6.04 Å². The van der Waals surface area contributed by atoms with Gasteiger partial charge in [-0.15, -0.1) is 0 Å². The summed E-state index contributed by atoms with van der Waals surface area (Å²) < 4.78 is 4.43. The van der Waals surface area contributed by atoms with Crippen molar-refractivity contribution in [1.82, 2.24) is 0 Å². The first kappa shape index (κ1) is 10.9. The summed E-state index contributed by atoms with van der Waals surface area (Å²) in [7, 11) is 1.28. The molecule has 0 spiro atoms. The molecule has 0 aliphatic rings. The fraction of sp³-hybridized carbons (Fsp3) is 0.750. The van der Waals surface area contributed by atoms with Crippen LogP contribution in [-0.2, 0) is 9.53 Å². The van der Waals surface area contributed by atoms with Crippen LogP contribution in [-0.4, -0.2) is 19.1 Å². The van der Waals surface area contributed by atoms with Crippen molar-refractivity contribution in [1.29, 1.82) is 5.26 Å². The van der Waals surface area contributed by atoms with E-state index in [2.05, 4.69) is 10.8 Å². The number of nitrogens with zero attached hydrogens (tertiary/aromatic N) is 1. The molecular weight excluding hydrogens is 156 g/mol. The largest absolute Gasteiger partial charge is 0.468 e. The van der Waals surface area contributed by atoms with Crippen LogP contribution in [0.25, 0.3) is 0 Å². The molecule has 0 aromatic carbocycles. The molecule has 1 atom stereocenters. The van der Waals surface area contributed by atoms with Gasteiger partial charge in [0.2, 0.25) is 0 Å². The van der Waals surface area contributed by atoms with Crippen molar-refractivity contribution in [2.24, 2.45) is 11.1 Å². The van der Waals surface area contributed by atoms with Crippen molar-refractivity contribution in [2.75, 3.05) is 7.11 Å². The van der Waals surface area contributed by atoms with Gasteiger partial charge in [-0.05, 0) is 20.3 Å². The zero-order chi connectivity index (χ0) is 9.78.